The van der Waals surface area contributed by atoms with Crippen molar-refractivity contribution >= 4 is 0 Å². The van der Waals surface area contributed by atoms with E-state index in [9.17, 15) is 0 Å². The largest absolute Gasteiger partial charge is 0.303 e. The molecule has 1 saturated heterocycles. The lowest BCUT2D eigenvalue weighted by Crippen LogP contribution is -2.44. The minimum atomic E-state index is 0.796. The number of piperidine rings is 1. The molecule has 0 N–H and O–H groups in total. The number of hydrogen-bond donors (Lipinski definition) is 0. The first-order chi connectivity index (χ1) is 6.63. The van der Waals surface area contributed by atoms with Gasteiger partial charge in [-0.1, -0.05) is 20.8 Å². The van der Waals surface area contributed by atoms with Crippen LogP contribution in [-0.2, 0) is 0 Å². The van der Waals surface area contributed by atoms with Crippen LogP contribution in [0.25, 0.3) is 0 Å². The number of nitrogens with zero attached hydrogens (tertiary/aromatic N) is 2. The molecule has 0 spiro atoms. The Hall–Kier alpha value is -0.0800. The maximum absolute atomic E-state index is 2.56. The molecule has 84 valence electrons. The molecule has 1 aliphatic rings. The molecule has 0 saturated carbocycles. The Morgan fingerprint density at radius 3 is 2.29 bits per heavy atom. The second kappa shape index (κ2) is 5.72. The van der Waals surface area contributed by atoms with Crippen LogP contribution in [0.15, 0.2) is 0 Å². The molecule has 0 aromatic rings. The Balaban J connectivity index is 2.26. The van der Waals surface area contributed by atoms with Gasteiger partial charge in [0.15, 0.2) is 0 Å². The van der Waals surface area contributed by atoms with Crippen molar-refractivity contribution in [3.05, 3.63) is 0 Å². The third-order valence-electron chi connectivity index (χ3n) is 3.28. The highest BCUT2D eigenvalue weighted by Gasteiger charge is 2.21. The summed E-state index contributed by atoms with van der Waals surface area (Å²) in [6.07, 6.45) is 2.72. The monoisotopic (exact) mass is 198 g/mol. The highest BCUT2D eigenvalue weighted by Crippen LogP contribution is 2.15. The first-order valence-electron chi connectivity index (χ1n) is 6.06. The fourth-order valence-corrected chi connectivity index (χ4v) is 2.40. The van der Waals surface area contributed by atoms with Crippen molar-refractivity contribution in [3.8, 4) is 0 Å². The third kappa shape index (κ3) is 3.58. The van der Waals surface area contributed by atoms with E-state index in [1.54, 1.807) is 0 Å². The smallest absolute Gasteiger partial charge is 0.0117 e. The quantitative estimate of drug-likeness (QED) is 0.682. The Morgan fingerprint density at radius 2 is 1.86 bits per heavy atom. The molecule has 0 aliphatic carbocycles. The first-order valence-corrected chi connectivity index (χ1v) is 6.06. The zero-order valence-corrected chi connectivity index (χ0v) is 10.3. The van der Waals surface area contributed by atoms with Crippen LogP contribution < -0.4 is 0 Å². The molecule has 0 aromatic heterocycles. The molecule has 0 radical (unpaired) electrons. The fourth-order valence-electron chi connectivity index (χ4n) is 2.40. The molecule has 1 aliphatic heterocycles. The third-order valence-corrected chi connectivity index (χ3v) is 3.28. The summed E-state index contributed by atoms with van der Waals surface area (Å²) in [5.74, 6) is 0.796. The molecule has 1 rings (SSSR count). The summed E-state index contributed by atoms with van der Waals surface area (Å²) in [6, 6.07) is 0.834. The molecule has 0 bridgehead atoms. The van der Waals surface area contributed by atoms with Crippen LogP contribution >= 0.6 is 0 Å². The van der Waals surface area contributed by atoms with E-state index in [4.69, 9.17) is 0 Å². The first kappa shape index (κ1) is 12.0. The summed E-state index contributed by atoms with van der Waals surface area (Å²) >= 11 is 0. The van der Waals surface area contributed by atoms with E-state index in [1.165, 1.54) is 39.0 Å². The van der Waals surface area contributed by atoms with E-state index in [2.05, 4.69) is 37.6 Å². The average Bonchev–Trinajstić information content (AvgIpc) is 2.17. The van der Waals surface area contributed by atoms with Gasteiger partial charge < -0.3 is 9.80 Å². The van der Waals surface area contributed by atoms with Crippen LogP contribution in [0.1, 0.15) is 33.6 Å². The van der Waals surface area contributed by atoms with Gasteiger partial charge in [0.2, 0.25) is 0 Å². The van der Waals surface area contributed by atoms with Gasteiger partial charge in [0.1, 0.15) is 0 Å². The normalized spacial score (nSPS) is 21.0. The lowest BCUT2D eigenvalue weighted by atomic mass is 10.0. The Kier molecular flexibility index (Phi) is 4.90. The van der Waals surface area contributed by atoms with Gasteiger partial charge in [-0.05, 0) is 45.4 Å². The average molecular weight is 198 g/mol. The van der Waals surface area contributed by atoms with Gasteiger partial charge in [-0.25, -0.2) is 0 Å². The summed E-state index contributed by atoms with van der Waals surface area (Å²) in [4.78, 5) is 5.11. The van der Waals surface area contributed by atoms with Crippen molar-refractivity contribution in [3.63, 3.8) is 0 Å². The Labute approximate surface area is 89.3 Å². The molecule has 0 atom stereocenters. The van der Waals surface area contributed by atoms with E-state index in [1.807, 2.05) is 0 Å². The number of rotatable bonds is 4. The van der Waals surface area contributed by atoms with Crippen molar-refractivity contribution in [2.75, 3.05) is 33.2 Å². The molecular weight excluding hydrogens is 172 g/mol. The van der Waals surface area contributed by atoms with Crippen LogP contribution in [0.3, 0.4) is 0 Å². The van der Waals surface area contributed by atoms with Crippen LogP contribution in [0.5, 0.6) is 0 Å². The highest BCUT2D eigenvalue weighted by molar-refractivity contribution is 4.78. The topological polar surface area (TPSA) is 6.48 Å². The van der Waals surface area contributed by atoms with Gasteiger partial charge in [-0.3, -0.25) is 0 Å². The van der Waals surface area contributed by atoms with Crippen molar-refractivity contribution in [2.45, 2.75) is 39.7 Å². The van der Waals surface area contributed by atoms with Gasteiger partial charge in [-0.2, -0.15) is 0 Å². The minimum absolute atomic E-state index is 0.796. The molecule has 0 amide bonds. The summed E-state index contributed by atoms with van der Waals surface area (Å²) in [5, 5.41) is 0. The zero-order chi connectivity index (χ0) is 10.6. The SMILES string of the molecule is CCN1CCC(N(C)CC(C)C)CC1. The Morgan fingerprint density at radius 1 is 1.29 bits per heavy atom. The molecule has 1 fully saturated rings. The van der Waals surface area contributed by atoms with Crippen LogP contribution in [0, 0.1) is 5.92 Å². The van der Waals surface area contributed by atoms with Gasteiger partial charge in [0.25, 0.3) is 0 Å². The molecule has 0 unspecified atom stereocenters. The minimum Gasteiger partial charge on any atom is -0.303 e. The van der Waals surface area contributed by atoms with E-state index in [-0.39, 0.29) is 0 Å². The fraction of sp³-hybridized carbons (Fsp3) is 1.00. The lowest BCUT2D eigenvalue weighted by Gasteiger charge is -2.37. The molecule has 14 heavy (non-hydrogen) atoms. The van der Waals surface area contributed by atoms with Gasteiger partial charge in [0, 0.05) is 12.6 Å². The molecular formula is C12H26N2. The van der Waals surface area contributed by atoms with Crippen molar-refractivity contribution in [2.24, 2.45) is 5.92 Å². The second-order valence-electron chi connectivity index (χ2n) is 5.00. The van der Waals surface area contributed by atoms with Crippen LogP contribution in [0.4, 0.5) is 0 Å². The second-order valence-corrected chi connectivity index (χ2v) is 5.00. The van der Waals surface area contributed by atoms with Crippen molar-refractivity contribution < 1.29 is 0 Å². The summed E-state index contributed by atoms with van der Waals surface area (Å²) in [7, 11) is 2.28. The number of likely N-dealkylation sites (tertiary alicyclic amines) is 1. The van der Waals surface area contributed by atoms with E-state index < -0.39 is 0 Å². The highest BCUT2D eigenvalue weighted by atomic mass is 15.2. The van der Waals surface area contributed by atoms with E-state index in [0.29, 0.717) is 0 Å². The predicted molar refractivity (Wildman–Crippen MR) is 62.6 cm³/mol. The number of hydrogen-bond acceptors (Lipinski definition) is 2. The van der Waals surface area contributed by atoms with Gasteiger partial charge >= 0.3 is 0 Å². The maximum Gasteiger partial charge on any atom is 0.0117 e. The van der Waals surface area contributed by atoms with Gasteiger partial charge in [-0.15, -0.1) is 0 Å². The molecule has 0 aromatic carbocycles. The van der Waals surface area contributed by atoms with Crippen molar-refractivity contribution in [1.29, 1.82) is 0 Å². The maximum atomic E-state index is 2.56. The summed E-state index contributed by atoms with van der Waals surface area (Å²) in [5.41, 5.74) is 0. The van der Waals surface area contributed by atoms with Crippen LogP contribution in [0.2, 0.25) is 0 Å². The molecule has 2 heteroatoms. The van der Waals surface area contributed by atoms with Gasteiger partial charge in [0.05, 0.1) is 0 Å². The van der Waals surface area contributed by atoms with E-state index >= 15 is 0 Å². The van der Waals surface area contributed by atoms with Crippen molar-refractivity contribution in [1.82, 2.24) is 9.80 Å². The lowest BCUT2D eigenvalue weighted by molar-refractivity contribution is 0.123. The molecule has 2 nitrogen and oxygen atoms in total. The van der Waals surface area contributed by atoms with Crippen LogP contribution in [-0.4, -0.2) is 49.1 Å². The summed E-state index contributed by atoms with van der Waals surface area (Å²) < 4.78 is 0. The Bertz CT molecular complexity index is 148. The summed E-state index contributed by atoms with van der Waals surface area (Å²) in [6.45, 7) is 11.9. The predicted octanol–water partition coefficient (Wildman–Crippen LogP) is 2.06. The zero-order valence-electron chi connectivity index (χ0n) is 10.3. The van der Waals surface area contributed by atoms with E-state index in [0.717, 1.165) is 12.0 Å². The standard InChI is InChI=1S/C12H26N2/c1-5-14-8-6-12(7-9-14)13(4)10-11(2)3/h11-12H,5-10H2,1-4H3. The molecule has 1 heterocycles.